The summed E-state index contributed by atoms with van der Waals surface area (Å²) >= 11 is 7.91. The number of carbonyl (C=O) groups excluding carboxylic acids is 2. The van der Waals surface area contributed by atoms with E-state index < -0.39 is 6.04 Å². The van der Waals surface area contributed by atoms with E-state index in [0.29, 0.717) is 29.5 Å². The smallest absolute Gasteiger partial charge is 0.257 e. The minimum Gasteiger partial charge on any atom is -0.383 e. The van der Waals surface area contributed by atoms with E-state index in [1.54, 1.807) is 48.0 Å². The standard InChI is InChI=1S/C24H29ClN2O3S/c1-24(2,3)17-11-9-16(10-12-17)23-27(22(29)18-7-5-6-8-19(18)25)20(15-31-23)21(28)26-13-14-30-4/h5-12,20,23H,13-15H2,1-4H3,(H,26,28). The molecule has 0 saturated carbocycles. The Labute approximate surface area is 193 Å². The molecular weight excluding hydrogens is 432 g/mol. The van der Waals surface area contributed by atoms with Gasteiger partial charge in [-0.1, -0.05) is 68.8 Å². The molecule has 3 rings (SSSR count). The van der Waals surface area contributed by atoms with Crippen LogP contribution in [0.4, 0.5) is 0 Å². The third kappa shape index (κ3) is 5.43. The molecule has 1 aliphatic rings. The number of amides is 2. The highest BCUT2D eigenvalue weighted by Crippen LogP contribution is 2.43. The summed E-state index contributed by atoms with van der Waals surface area (Å²) in [5.41, 5.74) is 2.65. The molecule has 0 bridgehead atoms. The van der Waals surface area contributed by atoms with E-state index in [2.05, 4.69) is 50.4 Å². The van der Waals surface area contributed by atoms with Gasteiger partial charge < -0.3 is 15.0 Å². The maximum Gasteiger partial charge on any atom is 0.257 e. The van der Waals surface area contributed by atoms with Crippen molar-refractivity contribution in [1.82, 2.24) is 10.2 Å². The number of nitrogens with zero attached hydrogens (tertiary/aromatic N) is 1. The van der Waals surface area contributed by atoms with Crippen LogP contribution in [-0.2, 0) is 14.9 Å². The van der Waals surface area contributed by atoms with E-state index in [4.69, 9.17) is 16.3 Å². The van der Waals surface area contributed by atoms with Crippen LogP contribution in [0.1, 0.15) is 47.6 Å². The van der Waals surface area contributed by atoms with Crippen molar-refractivity contribution in [2.24, 2.45) is 0 Å². The first-order valence-corrected chi connectivity index (χ1v) is 11.7. The average Bonchev–Trinajstić information content (AvgIpc) is 3.18. The lowest BCUT2D eigenvalue weighted by Crippen LogP contribution is -2.48. The van der Waals surface area contributed by atoms with Gasteiger partial charge >= 0.3 is 0 Å². The number of rotatable bonds is 6. The van der Waals surface area contributed by atoms with Gasteiger partial charge in [0.15, 0.2) is 0 Å². The summed E-state index contributed by atoms with van der Waals surface area (Å²) in [6.45, 7) is 7.32. The Hall–Kier alpha value is -2.02. The number of thioether (sulfide) groups is 1. The van der Waals surface area contributed by atoms with E-state index in [1.165, 1.54) is 5.56 Å². The average molecular weight is 461 g/mol. The third-order valence-corrected chi connectivity index (χ3v) is 6.96. The Morgan fingerprint density at radius 3 is 2.45 bits per heavy atom. The van der Waals surface area contributed by atoms with E-state index in [1.807, 2.05) is 0 Å². The summed E-state index contributed by atoms with van der Waals surface area (Å²) in [6.07, 6.45) is 0. The first kappa shape index (κ1) is 23.6. The topological polar surface area (TPSA) is 58.6 Å². The summed E-state index contributed by atoms with van der Waals surface area (Å²) in [6, 6.07) is 14.7. The van der Waals surface area contributed by atoms with E-state index in [9.17, 15) is 9.59 Å². The minimum absolute atomic E-state index is 0.0399. The van der Waals surface area contributed by atoms with Gasteiger partial charge in [0, 0.05) is 19.4 Å². The highest BCUT2D eigenvalue weighted by Gasteiger charge is 2.43. The molecule has 1 fully saturated rings. The molecule has 0 aromatic heterocycles. The largest absolute Gasteiger partial charge is 0.383 e. The second-order valence-corrected chi connectivity index (χ2v) is 10.1. The van der Waals surface area contributed by atoms with Crippen LogP contribution in [0, 0.1) is 0 Å². The number of nitrogens with one attached hydrogen (secondary N) is 1. The molecule has 2 aromatic rings. The number of methoxy groups -OCH3 is 1. The van der Waals surface area contributed by atoms with Gasteiger partial charge in [-0.05, 0) is 28.7 Å². The van der Waals surface area contributed by atoms with Crippen LogP contribution in [0.2, 0.25) is 5.02 Å². The lowest BCUT2D eigenvalue weighted by Gasteiger charge is -2.30. The molecule has 31 heavy (non-hydrogen) atoms. The molecule has 2 amide bonds. The fourth-order valence-electron chi connectivity index (χ4n) is 3.53. The van der Waals surface area contributed by atoms with Crippen LogP contribution < -0.4 is 5.32 Å². The molecule has 2 aromatic carbocycles. The van der Waals surface area contributed by atoms with Gasteiger partial charge in [-0.15, -0.1) is 11.8 Å². The van der Waals surface area contributed by atoms with Gasteiger partial charge in [0.1, 0.15) is 11.4 Å². The minimum atomic E-state index is -0.585. The summed E-state index contributed by atoms with van der Waals surface area (Å²) < 4.78 is 5.03. The zero-order valence-corrected chi connectivity index (χ0v) is 19.9. The Morgan fingerprint density at radius 2 is 1.84 bits per heavy atom. The fraction of sp³-hybridized carbons (Fsp3) is 0.417. The molecule has 1 heterocycles. The van der Waals surface area contributed by atoms with Crippen molar-refractivity contribution in [1.29, 1.82) is 0 Å². The maximum absolute atomic E-state index is 13.5. The molecule has 0 spiro atoms. The van der Waals surface area contributed by atoms with Gasteiger partial charge in [0.25, 0.3) is 5.91 Å². The van der Waals surface area contributed by atoms with Crippen LogP contribution in [0.3, 0.4) is 0 Å². The lowest BCUT2D eigenvalue weighted by molar-refractivity contribution is -0.125. The first-order valence-electron chi connectivity index (χ1n) is 10.3. The maximum atomic E-state index is 13.5. The molecule has 166 valence electrons. The number of ether oxygens (including phenoxy) is 1. The van der Waals surface area contributed by atoms with Crippen LogP contribution in [-0.4, -0.2) is 48.8 Å². The molecule has 7 heteroatoms. The Bertz CT molecular complexity index is 927. The van der Waals surface area contributed by atoms with Crippen LogP contribution >= 0.6 is 23.4 Å². The summed E-state index contributed by atoms with van der Waals surface area (Å²) in [5, 5.41) is 2.99. The van der Waals surface area contributed by atoms with Crippen LogP contribution in [0.15, 0.2) is 48.5 Å². The van der Waals surface area contributed by atoms with Crippen molar-refractivity contribution >= 4 is 35.2 Å². The first-order chi connectivity index (χ1) is 14.7. The van der Waals surface area contributed by atoms with Crippen molar-refractivity contribution < 1.29 is 14.3 Å². The zero-order valence-electron chi connectivity index (χ0n) is 18.4. The van der Waals surface area contributed by atoms with Gasteiger partial charge in [0.05, 0.1) is 17.2 Å². The molecule has 0 radical (unpaired) electrons. The van der Waals surface area contributed by atoms with E-state index in [-0.39, 0.29) is 22.6 Å². The third-order valence-electron chi connectivity index (χ3n) is 5.31. The Balaban J connectivity index is 1.93. The molecular formula is C24H29ClN2O3S. The zero-order chi connectivity index (χ0) is 22.6. The molecule has 5 nitrogen and oxygen atoms in total. The van der Waals surface area contributed by atoms with Crippen LogP contribution in [0.5, 0.6) is 0 Å². The van der Waals surface area contributed by atoms with Crippen molar-refractivity contribution in [2.75, 3.05) is 26.0 Å². The molecule has 2 unspecified atom stereocenters. The molecule has 0 aliphatic carbocycles. The van der Waals surface area contributed by atoms with E-state index >= 15 is 0 Å². The number of hydrogen-bond donors (Lipinski definition) is 1. The molecule has 1 saturated heterocycles. The highest BCUT2D eigenvalue weighted by molar-refractivity contribution is 7.99. The van der Waals surface area contributed by atoms with Gasteiger partial charge in [-0.25, -0.2) is 0 Å². The highest BCUT2D eigenvalue weighted by atomic mass is 35.5. The Kier molecular flexibility index (Phi) is 7.68. The molecule has 2 atom stereocenters. The second-order valence-electron chi connectivity index (χ2n) is 8.55. The SMILES string of the molecule is COCCNC(=O)C1CSC(c2ccc(C(C)(C)C)cc2)N1C(=O)c1ccccc1Cl. The normalized spacial score (nSPS) is 18.8. The van der Waals surface area contributed by atoms with Crippen LogP contribution in [0.25, 0.3) is 0 Å². The second kappa shape index (κ2) is 10.1. The quantitative estimate of drug-likeness (QED) is 0.637. The molecule has 1 N–H and O–H groups in total. The predicted octanol–water partition coefficient (Wildman–Crippen LogP) is 4.66. The van der Waals surface area contributed by atoms with Crippen molar-refractivity contribution in [3.63, 3.8) is 0 Å². The number of hydrogen-bond acceptors (Lipinski definition) is 4. The van der Waals surface area contributed by atoms with E-state index in [0.717, 1.165) is 5.56 Å². The monoisotopic (exact) mass is 460 g/mol. The number of carbonyl (C=O) groups is 2. The van der Waals surface area contributed by atoms with Crippen molar-refractivity contribution in [3.05, 3.63) is 70.2 Å². The summed E-state index contributed by atoms with van der Waals surface area (Å²) in [5.74, 6) is 0.0897. The van der Waals surface area contributed by atoms with Crippen molar-refractivity contribution in [3.8, 4) is 0 Å². The summed E-state index contributed by atoms with van der Waals surface area (Å²) in [7, 11) is 1.59. The Morgan fingerprint density at radius 1 is 1.16 bits per heavy atom. The number of benzene rings is 2. The fourth-order valence-corrected chi connectivity index (χ4v) is 5.17. The number of halogens is 1. The van der Waals surface area contributed by atoms with Gasteiger partial charge in [-0.2, -0.15) is 0 Å². The predicted molar refractivity (Wildman–Crippen MR) is 127 cm³/mol. The van der Waals surface area contributed by atoms with Gasteiger partial charge in [-0.3, -0.25) is 9.59 Å². The van der Waals surface area contributed by atoms with Crippen molar-refractivity contribution in [2.45, 2.75) is 37.6 Å². The van der Waals surface area contributed by atoms with Gasteiger partial charge in [0.2, 0.25) is 5.91 Å². The molecule has 1 aliphatic heterocycles. The summed E-state index contributed by atoms with van der Waals surface area (Å²) in [4.78, 5) is 28.1. The lowest BCUT2D eigenvalue weighted by atomic mass is 9.86.